The molecule has 1 aliphatic heterocycles. The highest BCUT2D eigenvalue weighted by atomic mass is 32.1. The maximum atomic E-state index is 12.2. The molecule has 0 aromatic carbocycles. The number of hydrogen-bond donors (Lipinski definition) is 2. The fourth-order valence-electron chi connectivity index (χ4n) is 1.07. The van der Waals surface area contributed by atoms with Gasteiger partial charge in [0.15, 0.2) is 0 Å². The highest BCUT2D eigenvalue weighted by molar-refractivity contribution is 7.80. The Balaban J connectivity index is 2.84. The van der Waals surface area contributed by atoms with E-state index >= 15 is 0 Å². The molecule has 0 radical (unpaired) electrons. The average molecular weight is 209 g/mol. The van der Waals surface area contributed by atoms with Crippen molar-refractivity contribution in [2.45, 2.75) is 19.1 Å². The molecule has 74 valence electrons. The summed E-state index contributed by atoms with van der Waals surface area (Å²) in [5, 5.41) is 2.38. The van der Waals surface area contributed by atoms with E-state index in [2.05, 4.69) is 17.9 Å². The van der Waals surface area contributed by atoms with Crippen molar-refractivity contribution in [2.75, 3.05) is 5.75 Å². The maximum Gasteiger partial charge on any atom is 0.430 e. The number of nitrogens with one attached hydrogen (secondary N) is 1. The zero-order valence-electron chi connectivity index (χ0n) is 7.02. The molecule has 0 aromatic heterocycles. The van der Waals surface area contributed by atoms with Crippen LogP contribution in [-0.2, 0) is 0 Å². The Kier molecular flexibility index (Phi) is 2.95. The van der Waals surface area contributed by atoms with Crippen molar-refractivity contribution in [3.63, 3.8) is 0 Å². The molecule has 1 nitrogen and oxygen atoms in total. The van der Waals surface area contributed by atoms with Gasteiger partial charge in [0.1, 0.15) is 5.70 Å². The van der Waals surface area contributed by atoms with Crippen LogP contribution in [0.4, 0.5) is 13.2 Å². The quantitative estimate of drug-likeness (QED) is 0.631. The summed E-state index contributed by atoms with van der Waals surface area (Å²) in [5.74, 6) is 0.468. The Morgan fingerprint density at radius 3 is 2.46 bits per heavy atom. The number of allylic oxidation sites excluding steroid dienone is 3. The summed E-state index contributed by atoms with van der Waals surface area (Å²) in [5.41, 5.74) is 0.168. The van der Waals surface area contributed by atoms with Crippen LogP contribution in [-0.4, -0.2) is 18.0 Å². The van der Waals surface area contributed by atoms with Crippen LogP contribution in [0.5, 0.6) is 0 Å². The molecule has 5 heteroatoms. The predicted molar refractivity (Wildman–Crippen MR) is 48.7 cm³/mol. The molecule has 0 spiro atoms. The van der Waals surface area contributed by atoms with Gasteiger partial charge >= 0.3 is 6.18 Å². The third kappa shape index (κ3) is 2.43. The van der Waals surface area contributed by atoms with Gasteiger partial charge in [-0.1, -0.05) is 6.08 Å². The Morgan fingerprint density at radius 1 is 1.46 bits per heavy atom. The lowest BCUT2D eigenvalue weighted by Crippen LogP contribution is -2.36. The minimum absolute atomic E-state index is 0.292. The van der Waals surface area contributed by atoms with Crippen molar-refractivity contribution in [3.8, 4) is 0 Å². The predicted octanol–water partition coefficient (Wildman–Crippen LogP) is 2.28. The van der Waals surface area contributed by atoms with E-state index in [9.17, 15) is 13.2 Å². The van der Waals surface area contributed by atoms with E-state index in [0.29, 0.717) is 5.75 Å². The maximum absolute atomic E-state index is 12.2. The summed E-state index contributed by atoms with van der Waals surface area (Å²) in [6.45, 7) is 1.68. The van der Waals surface area contributed by atoms with E-state index < -0.39 is 11.9 Å². The van der Waals surface area contributed by atoms with Gasteiger partial charge in [0.2, 0.25) is 0 Å². The SMILES string of the molecule is CC1NC(C(F)(F)F)=CC=C1CS. The summed E-state index contributed by atoms with van der Waals surface area (Å²) >= 11 is 4.01. The largest absolute Gasteiger partial charge is 0.430 e. The first-order chi connectivity index (χ1) is 5.95. The summed E-state index contributed by atoms with van der Waals surface area (Å²) < 4.78 is 36.5. The first kappa shape index (κ1) is 10.5. The Morgan fingerprint density at radius 2 is 2.08 bits per heavy atom. The highest BCUT2D eigenvalue weighted by Gasteiger charge is 2.35. The number of thiol groups is 1. The van der Waals surface area contributed by atoms with Crippen LogP contribution in [0, 0.1) is 0 Å². The van der Waals surface area contributed by atoms with Gasteiger partial charge in [-0.2, -0.15) is 25.8 Å². The molecule has 0 bridgehead atoms. The van der Waals surface area contributed by atoms with Gasteiger partial charge in [-0.25, -0.2) is 0 Å². The van der Waals surface area contributed by atoms with Crippen molar-refractivity contribution in [3.05, 3.63) is 23.4 Å². The van der Waals surface area contributed by atoms with Gasteiger partial charge in [0, 0.05) is 11.8 Å². The molecule has 0 aliphatic carbocycles. The van der Waals surface area contributed by atoms with Crippen molar-refractivity contribution in [2.24, 2.45) is 0 Å². The average Bonchev–Trinajstić information content (AvgIpc) is 2.02. The van der Waals surface area contributed by atoms with Crippen LogP contribution >= 0.6 is 12.6 Å². The minimum Gasteiger partial charge on any atom is -0.375 e. The number of rotatable bonds is 1. The van der Waals surface area contributed by atoms with Crippen LogP contribution < -0.4 is 5.32 Å². The fourth-order valence-corrected chi connectivity index (χ4v) is 1.45. The number of halogens is 3. The second kappa shape index (κ2) is 3.65. The van der Waals surface area contributed by atoms with E-state index in [0.717, 1.165) is 11.6 Å². The number of alkyl halides is 3. The molecule has 1 heterocycles. The highest BCUT2D eigenvalue weighted by Crippen LogP contribution is 2.27. The molecule has 0 amide bonds. The summed E-state index contributed by atoms with van der Waals surface area (Å²) in [7, 11) is 0. The van der Waals surface area contributed by atoms with Crippen LogP contribution in [0.15, 0.2) is 23.4 Å². The molecular formula is C8H10F3NS. The lowest BCUT2D eigenvalue weighted by molar-refractivity contribution is -0.0975. The number of dihydropyridines is 1. The summed E-state index contributed by atoms with van der Waals surface area (Å²) in [6, 6.07) is -0.292. The van der Waals surface area contributed by atoms with Crippen molar-refractivity contribution in [1.29, 1.82) is 0 Å². The fraction of sp³-hybridized carbons (Fsp3) is 0.500. The van der Waals surface area contributed by atoms with Gasteiger partial charge in [-0.05, 0) is 18.6 Å². The summed E-state index contributed by atoms with van der Waals surface area (Å²) in [4.78, 5) is 0. The number of hydrogen-bond acceptors (Lipinski definition) is 2. The van der Waals surface area contributed by atoms with E-state index in [1.165, 1.54) is 6.08 Å². The molecule has 1 aliphatic rings. The smallest absolute Gasteiger partial charge is 0.375 e. The molecule has 1 unspecified atom stereocenters. The first-order valence-electron chi connectivity index (χ1n) is 3.80. The lowest BCUT2D eigenvalue weighted by Gasteiger charge is -2.24. The Hall–Kier alpha value is -0.580. The third-order valence-corrected chi connectivity index (χ3v) is 2.25. The van der Waals surface area contributed by atoms with Gasteiger partial charge in [-0.3, -0.25) is 0 Å². The topological polar surface area (TPSA) is 12.0 Å². The molecule has 1 N–H and O–H groups in total. The standard InChI is InChI=1S/C8H10F3NS/c1-5-6(4-13)2-3-7(12-5)8(9,10)11/h2-3,5,12-13H,4H2,1H3. The minimum atomic E-state index is -4.28. The van der Waals surface area contributed by atoms with Gasteiger partial charge in [-0.15, -0.1) is 0 Å². The zero-order chi connectivity index (χ0) is 10.1. The second-order valence-electron chi connectivity index (χ2n) is 2.84. The molecule has 0 saturated heterocycles. The van der Waals surface area contributed by atoms with Gasteiger partial charge in [0.05, 0.1) is 0 Å². The van der Waals surface area contributed by atoms with Crippen molar-refractivity contribution < 1.29 is 13.2 Å². The van der Waals surface area contributed by atoms with E-state index in [4.69, 9.17) is 0 Å². The summed E-state index contributed by atoms with van der Waals surface area (Å²) in [6.07, 6.45) is -1.77. The lowest BCUT2D eigenvalue weighted by atomic mass is 10.1. The van der Waals surface area contributed by atoms with Crippen LogP contribution in [0.3, 0.4) is 0 Å². The van der Waals surface area contributed by atoms with Gasteiger partial charge < -0.3 is 5.32 Å². The van der Waals surface area contributed by atoms with Crippen LogP contribution in [0.2, 0.25) is 0 Å². The Labute approximate surface area is 80.1 Å². The van der Waals surface area contributed by atoms with Crippen molar-refractivity contribution >= 4 is 12.6 Å². The molecule has 1 atom stereocenters. The zero-order valence-corrected chi connectivity index (χ0v) is 7.91. The molecular weight excluding hydrogens is 199 g/mol. The molecule has 0 saturated carbocycles. The molecule has 13 heavy (non-hydrogen) atoms. The Bertz CT molecular complexity index is 255. The normalized spacial score (nSPS) is 23.3. The second-order valence-corrected chi connectivity index (χ2v) is 3.16. The molecule has 0 aromatic rings. The molecule has 1 rings (SSSR count). The van der Waals surface area contributed by atoms with Gasteiger partial charge in [0.25, 0.3) is 0 Å². The van der Waals surface area contributed by atoms with E-state index in [-0.39, 0.29) is 6.04 Å². The first-order valence-corrected chi connectivity index (χ1v) is 4.43. The third-order valence-electron chi connectivity index (χ3n) is 1.88. The van der Waals surface area contributed by atoms with Crippen molar-refractivity contribution in [1.82, 2.24) is 5.32 Å². The molecule has 0 fully saturated rings. The van der Waals surface area contributed by atoms with E-state index in [1.807, 2.05) is 0 Å². The monoisotopic (exact) mass is 209 g/mol. The van der Waals surface area contributed by atoms with Crippen LogP contribution in [0.1, 0.15) is 6.92 Å². The van der Waals surface area contributed by atoms with E-state index in [1.54, 1.807) is 6.92 Å². The van der Waals surface area contributed by atoms with Crippen LogP contribution in [0.25, 0.3) is 0 Å².